The van der Waals surface area contributed by atoms with Crippen LogP contribution in [0.25, 0.3) is 0 Å². The molecule has 3 rings (SSSR count). The Kier molecular flexibility index (Phi) is 3.41. The van der Waals surface area contributed by atoms with Crippen molar-refractivity contribution in [3.05, 3.63) is 11.5 Å². The van der Waals surface area contributed by atoms with Gasteiger partial charge in [-0.15, -0.1) is 0 Å². The van der Waals surface area contributed by atoms with E-state index in [1.54, 1.807) is 0 Å². The molecule has 0 radical (unpaired) electrons. The van der Waals surface area contributed by atoms with Crippen LogP contribution in [0.2, 0.25) is 0 Å². The third kappa shape index (κ3) is 2.52. The summed E-state index contributed by atoms with van der Waals surface area (Å²) in [5.41, 5.74) is 0.777. The van der Waals surface area contributed by atoms with Gasteiger partial charge in [0.2, 0.25) is 0 Å². The lowest BCUT2D eigenvalue weighted by Gasteiger charge is -2.32. The molecule has 1 aromatic heterocycles. The predicted molar refractivity (Wildman–Crippen MR) is 73.4 cm³/mol. The zero-order valence-corrected chi connectivity index (χ0v) is 11.8. The number of aromatic nitrogens is 1. The fourth-order valence-corrected chi connectivity index (χ4v) is 3.46. The van der Waals surface area contributed by atoms with Crippen LogP contribution in [0.15, 0.2) is 4.42 Å². The molecule has 1 heterocycles. The van der Waals surface area contributed by atoms with E-state index in [-0.39, 0.29) is 24.2 Å². The molecule has 3 N–H and O–H groups in total. The zero-order chi connectivity index (χ0) is 14.3. The topological polar surface area (TPSA) is 87.4 Å². The van der Waals surface area contributed by atoms with Crippen molar-refractivity contribution in [2.75, 3.05) is 5.32 Å². The summed E-state index contributed by atoms with van der Waals surface area (Å²) >= 11 is 0. The Morgan fingerprint density at radius 2 is 1.95 bits per heavy atom. The van der Waals surface area contributed by atoms with Crippen LogP contribution in [0.5, 0.6) is 0 Å². The summed E-state index contributed by atoms with van der Waals surface area (Å²) in [5, 5.41) is 15.6. The number of amides is 2. The van der Waals surface area contributed by atoms with Crippen molar-refractivity contribution in [2.45, 2.75) is 51.7 Å². The van der Waals surface area contributed by atoms with E-state index >= 15 is 0 Å². The van der Waals surface area contributed by atoms with Crippen molar-refractivity contribution in [3.8, 4) is 0 Å². The second-order valence-electron chi connectivity index (χ2n) is 6.02. The molecule has 1 aromatic rings. The van der Waals surface area contributed by atoms with Gasteiger partial charge in [-0.25, -0.2) is 4.79 Å². The number of carbonyl (C=O) groups excluding carboxylic acids is 1. The van der Waals surface area contributed by atoms with Crippen molar-refractivity contribution in [3.63, 3.8) is 0 Å². The van der Waals surface area contributed by atoms with Gasteiger partial charge in [0.25, 0.3) is 0 Å². The molecule has 110 valence electrons. The maximum atomic E-state index is 11.9. The highest BCUT2D eigenvalue weighted by Gasteiger charge is 2.42. The number of nitrogens with zero attached hydrogens (tertiary/aromatic N) is 1. The second-order valence-corrected chi connectivity index (χ2v) is 6.02. The van der Waals surface area contributed by atoms with Crippen LogP contribution in [0, 0.1) is 25.7 Å². The Morgan fingerprint density at radius 1 is 1.30 bits per heavy atom. The van der Waals surface area contributed by atoms with Crippen molar-refractivity contribution in [2.24, 2.45) is 11.8 Å². The highest BCUT2D eigenvalue weighted by molar-refractivity contribution is 5.87. The Bertz CT molecular complexity index is 480. The molecule has 2 aliphatic rings. The average Bonchev–Trinajstić information content (AvgIpc) is 2.78. The summed E-state index contributed by atoms with van der Waals surface area (Å²) in [7, 11) is 0. The van der Waals surface area contributed by atoms with Gasteiger partial charge in [-0.05, 0) is 51.4 Å². The van der Waals surface area contributed by atoms with E-state index in [1.165, 1.54) is 0 Å². The highest BCUT2D eigenvalue weighted by Crippen LogP contribution is 2.42. The average molecular weight is 279 g/mol. The third-order valence-corrected chi connectivity index (χ3v) is 4.63. The number of fused-ring (bicyclic) bond motifs is 2. The Balaban J connectivity index is 1.54. The van der Waals surface area contributed by atoms with Crippen molar-refractivity contribution in [1.29, 1.82) is 0 Å². The summed E-state index contributed by atoms with van der Waals surface area (Å²) in [6.45, 7) is 3.65. The molecular weight excluding hydrogens is 258 g/mol. The van der Waals surface area contributed by atoms with Gasteiger partial charge in [-0.3, -0.25) is 5.32 Å². The maximum Gasteiger partial charge on any atom is 0.323 e. The number of aliphatic hydroxyl groups is 1. The zero-order valence-electron chi connectivity index (χ0n) is 11.8. The fourth-order valence-electron chi connectivity index (χ4n) is 3.46. The van der Waals surface area contributed by atoms with E-state index in [2.05, 4.69) is 15.6 Å². The molecule has 6 heteroatoms. The van der Waals surface area contributed by atoms with Crippen molar-refractivity contribution in [1.82, 2.24) is 10.3 Å². The Hall–Kier alpha value is -1.56. The van der Waals surface area contributed by atoms with Crippen LogP contribution in [0.3, 0.4) is 0 Å². The standard InChI is InChI=1S/C14H21N3O3/c1-7-8(2)20-14(15-7)17-13(19)16-11-5-9-3-4-10(6-11)12(9)18/h9-12,18H,3-6H2,1-2H3,(H2,15,16,17,19)/t9-,10+,11?,12?. The van der Waals surface area contributed by atoms with Gasteiger partial charge in [0, 0.05) is 6.04 Å². The van der Waals surface area contributed by atoms with E-state index < -0.39 is 0 Å². The van der Waals surface area contributed by atoms with Crippen molar-refractivity contribution < 1.29 is 14.3 Å². The molecule has 2 bridgehead atoms. The minimum absolute atomic E-state index is 0.132. The van der Waals surface area contributed by atoms with E-state index in [0.29, 0.717) is 17.6 Å². The Morgan fingerprint density at radius 3 is 2.50 bits per heavy atom. The Labute approximate surface area is 118 Å². The molecule has 6 nitrogen and oxygen atoms in total. The van der Waals surface area contributed by atoms with Crippen molar-refractivity contribution >= 4 is 12.0 Å². The number of oxazole rings is 1. The number of hydrogen-bond acceptors (Lipinski definition) is 4. The van der Waals surface area contributed by atoms with E-state index in [4.69, 9.17) is 4.42 Å². The number of rotatable bonds is 2. The third-order valence-electron chi connectivity index (χ3n) is 4.63. The molecule has 2 amide bonds. The van der Waals surface area contributed by atoms with E-state index in [9.17, 15) is 9.90 Å². The summed E-state index contributed by atoms with van der Waals surface area (Å²) < 4.78 is 5.32. The minimum Gasteiger partial charge on any atom is -0.428 e. The number of nitrogens with one attached hydrogen (secondary N) is 2. The second kappa shape index (κ2) is 5.09. The van der Waals surface area contributed by atoms with Crippen LogP contribution in [-0.4, -0.2) is 28.3 Å². The molecule has 0 saturated heterocycles. The van der Waals surface area contributed by atoms with Gasteiger partial charge in [-0.2, -0.15) is 4.98 Å². The number of urea groups is 1. The largest absolute Gasteiger partial charge is 0.428 e. The molecule has 0 spiro atoms. The predicted octanol–water partition coefficient (Wildman–Crippen LogP) is 1.96. The number of hydrogen-bond donors (Lipinski definition) is 3. The number of aryl methyl sites for hydroxylation is 2. The first kappa shape index (κ1) is 13.4. The van der Waals surface area contributed by atoms with Crippen LogP contribution in [0.4, 0.5) is 10.8 Å². The molecular formula is C14H21N3O3. The first-order valence-corrected chi connectivity index (χ1v) is 7.22. The summed E-state index contributed by atoms with van der Waals surface area (Å²) in [5.74, 6) is 1.38. The van der Waals surface area contributed by atoms with Gasteiger partial charge < -0.3 is 14.8 Å². The highest BCUT2D eigenvalue weighted by atomic mass is 16.4. The van der Waals surface area contributed by atoms with Crippen LogP contribution in [-0.2, 0) is 0 Å². The van der Waals surface area contributed by atoms with Crippen LogP contribution in [0.1, 0.15) is 37.1 Å². The van der Waals surface area contributed by atoms with Gasteiger partial charge in [0.05, 0.1) is 11.8 Å². The number of carbonyl (C=O) groups is 1. The number of anilines is 1. The molecule has 2 aliphatic carbocycles. The maximum absolute atomic E-state index is 11.9. The lowest BCUT2D eigenvalue weighted by atomic mass is 9.83. The molecule has 2 saturated carbocycles. The SMILES string of the molecule is Cc1nc(NC(=O)NC2C[C@H]3CC[C@@H](C2)C3O)oc1C. The summed E-state index contributed by atoms with van der Waals surface area (Å²) in [6.07, 6.45) is 3.69. The molecule has 0 aromatic carbocycles. The summed E-state index contributed by atoms with van der Waals surface area (Å²) in [4.78, 5) is 16.1. The molecule has 2 fully saturated rings. The monoisotopic (exact) mass is 279 g/mol. The normalized spacial score (nSPS) is 32.1. The fraction of sp³-hybridized carbons (Fsp3) is 0.714. The molecule has 20 heavy (non-hydrogen) atoms. The van der Waals surface area contributed by atoms with Gasteiger partial charge in [0.15, 0.2) is 0 Å². The lowest BCUT2D eigenvalue weighted by molar-refractivity contribution is 0.0491. The first-order chi connectivity index (χ1) is 9.52. The van der Waals surface area contributed by atoms with Crippen LogP contribution < -0.4 is 10.6 Å². The lowest BCUT2D eigenvalue weighted by Crippen LogP contribution is -2.45. The molecule has 0 aliphatic heterocycles. The summed E-state index contributed by atoms with van der Waals surface area (Å²) in [6, 6.07) is 0.0800. The van der Waals surface area contributed by atoms with Gasteiger partial charge in [0.1, 0.15) is 5.76 Å². The quantitative estimate of drug-likeness (QED) is 0.772. The van der Waals surface area contributed by atoms with Gasteiger partial charge in [-0.1, -0.05) is 0 Å². The molecule has 4 atom stereocenters. The van der Waals surface area contributed by atoms with E-state index in [1.807, 2.05) is 13.8 Å². The first-order valence-electron chi connectivity index (χ1n) is 7.22. The molecule has 2 unspecified atom stereocenters. The van der Waals surface area contributed by atoms with E-state index in [0.717, 1.165) is 31.4 Å². The van der Waals surface area contributed by atoms with Gasteiger partial charge >= 0.3 is 12.0 Å². The van der Waals surface area contributed by atoms with Crippen LogP contribution >= 0.6 is 0 Å². The minimum atomic E-state index is -0.285. The smallest absolute Gasteiger partial charge is 0.323 e. The number of aliphatic hydroxyl groups excluding tert-OH is 1.